The zero-order chi connectivity index (χ0) is 13.2. The molecule has 0 bridgehead atoms. The van der Waals surface area contributed by atoms with Crippen LogP contribution >= 0.6 is 34.5 Å². The molecule has 0 aliphatic carbocycles. The van der Waals surface area contributed by atoms with Gasteiger partial charge in [0, 0.05) is 16.8 Å². The van der Waals surface area contributed by atoms with E-state index < -0.39 is 0 Å². The molecule has 0 radical (unpaired) electrons. The molecule has 0 spiro atoms. The number of benzene rings is 2. The van der Waals surface area contributed by atoms with E-state index in [1.54, 1.807) is 0 Å². The Morgan fingerprint density at radius 3 is 2.16 bits per heavy atom. The summed E-state index contributed by atoms with van der Waals surface area (Å²) in [4.78, 5) is 5.17. The van der Waals surface area contributed by atoms with Crippen LogP contribution in [0, 0.1) is 0 Å². The molecule has 0 aliphatic heterocycles. The second-order valence-corrected chi connectivity index (χ2v) is 6.08. The molecule has 0 fully saturated rings. The van der Waals surface area contributed by atoms with E-state index in [-0.39, 0.29) is 0 Å². The molecule has 0 aliphatic rings. The van der Waals surface area contributed by atoms with E-state index in [4.69, 9.17) is 23.2 Å². The fraction of sp³-hybridized carbons (Fsp3) is 0. The van der Waals surface area contributed by atoms with Gasteiger partial charge in [-0.15, -0.1) is 11.3 Å². The number of aromatic nitrogens is 1. The Kier molecular flexibility index (Phi) is 3.56. The lowest BCUT2D eigenvalue weighted by molar-refractivity contribution is 1.42. The van der Waals surface area contributed by atoms with Crippen LogP contribution in [0.25, 0.3) is 21.6 Å². The van der Waals surface area contributed by atoms with Crippen molar-refractivity contribution < 1.29 is 0 Å². The van der Waals surface area contributed by atoms with Gasteiger partial charge in [0.05, 0.1) is 4.88 Å². The van der Waals surface area contributed by atoms with Gasteiger partial charge < -0.3 is 0 Å². The van der Waals surface area contributed by atoms with Crippen molar-refractivity contribution in [2.75, 3.05) is 0 Å². The molecule has 0 saturated carbocycles. The Bertz CT molecular complexity index is 704. The first-order chi connectivity index (χ1) is 9.24. The Balaban J connectivity index is 2.14. The molecule has 1 nitrogen and oxygen atoms in total. The Morgan fingerprint density at radius 2 is 1.53 bits per heavy atom. The van der Waals surface area contributed by atoms with Crippen molar-refractivity contribution in [3.63, 3.8) is 0 Å². The SMILES string of the molecule is Clc1ccc(-c2ccccc2-c2cnc(Cl)s2)cc1. The van der Waals surface area contributed by atoms with Gasteiger partial charge in [0.1, 0.15) is 0 Å². The lowest BCUT2D eigenvalue weighted by Gasteiger charge is -2.07. The predicted octanol–water partition coefficient (Wildman–Crippen LogP) is 5.78. The lowest BCUT2D eigenvalue weighted by Crippen LogP contribution is -1.82. The molecule has 3 aromatic rings. The maximum absolute atomic E-state index is 5.93. The molecule has 1 aromatic heterocycles. The zero-order valence-electron chi connectivity index (χ0n) is 9.81. The average molecular weight is 306 g/mol. The molecule has 0 amide bonds. The van der Waals surface area contributed by atoms with Crippen LogP contribution in [-0.4, -0.2) is 4.98 Å². The third-order valence-corrected chi connectivity index (χ3v) is 4.23. The zero-order valence-corrected chi connectivity index (χ0v) is 12.1. The van der Waals surface area contributed by atoms with Gasteiger partial charge in [0.2, 0.25) is 0 Å². The molecule has 4 heteroatoms. The molecule has 0 saturated heterocycles. The second kappa shape index (κ2) is 5.33. The summed E-state index contributed by atoms with van der Waals surface area (Å²) in [6.45, 7) is 0. The van der Waals surface area contributed by atoms with Gasteiger partial charge in [-0.2, -0.15) is 0 Å². The summed E-state index contributed by atoms with van der Waals surface area (Å²) >= 11 is 13.3. The summed E-state index contributed by atoms with van der Waals surface area (Å²) in [5, 5.41) is 0.738. The standard InChI is InChI=1S/C15H9Cl2NS/c16-11-7-5-10(6-8-11)12-3-1-2-4-13(12)14-9-18-15(17)19-14/h1-9H. The van der Waals surface area contributed by atoms with E-state index in [0.717, 1.165) is 26.6 Å². The molecule has 1 heterocycles. The van der Waals surface area contributed by atoms with Gasteiger partial charge in [-0.3, -0.25) is 0 Å². The predicted molar refractivity (Wildman–Crippen MR) is 83.0 cm³/mol. The fourth-order valence-corrected chi connectivity index (χ4v) is 3.06. The van der Waals surface area contributed by atoms with E-state index in [0.29, 0.717) is 4.47 Å². The summed E-state index contributed by atoms with van der Waals surface area (Å²) in [5.41, 5.74) is 3.42. The highest BCUT2D eigenvalue weighted by molar-refractivity contribution is 7.18. The number of hydrogen-bond acceptors (Lipinski definition) is 2. The summed E-state index contributed by atoms with van der Waals surface area (Å²) in [7, 11) is 0. The molecule has 0 atom stereocenters. The molecule has 2 aromatic carbocycles. The molecule has 0 N–H and O–H groups in total. The quantitative estimate of drug-likeness (QED) is 0.584. The van der Waals surface area contributed by atoms with Gasteiger partial charge in [0.25, 0.3) is 0 Å². The molecule has 0 unspecified atom stereocenters. The van der Waals surface area contributed by atoms with Crippen molar-refractivity contribution in [1.82, 2.24) is 4.98 Å². The molecular weight excluding hydrogens is 297 g/mol. The lowest BCUT2D eigenvalue weighted by atomic mass is 9.99. The average Bonchev–Trinajstić information content (AvgIpc) is 2.86. The van der Waals surface area contributed by atoms with Crippen LogP contribution in [0.3, 0.4) is 0 Å². The van der Waals surface area contributed by atoms with Crippen molar-refractivity contribution in [1.29, 1.82) is 0 Å². The van der Waals surface area contributed by atoms with Crippen molar-refractivity contribution >= 4 is 34.5 Å². The van der Waals surface area contributed by atoms with Crippen LogP contribution in [-0.2, 0) is 0 Å². The minimum atomic E-state index is 0.556. The third-order valence-electron chi connectivity index (χ3n) is 2.83. The van der Waals surface area contributed by atoms with Crippen molar-refractivity contribution in [2.24, 2.45) is 0 Å². The van der Waals surface area contributed by atoms with Crippen LogP contribution in [0.2, 0.25) is 9.49 Å². The summed E-state index contributed by atoms with van der Waals surface area (Å²) < 4.78 is 0.556. The topological polar surface area (TPSA) is 12.9 Å². The molecular formula is C15H9Cl2NS. The van der Waals surface area contributed by atoms with Gasteiger partial charge in [-0.1, -0.05) is 59.6 Å². The van der Waals surface area contributed by atoms with E-state index in [1.165, 1.54) is 11.3 Å². The minimum absolute atomic E-state index is 0.556. The number of nitrogens with zero attached hydrogens (tertiary/aromatic N) is 1. The maximum Gasteiger partial charge on any atom is 0.184 e. The van der Waals surface area contributed by atoms with E-state index >= 15 is 0 Å². The minimum Gasteiger partial charge on any atom is -0.233 e. The van der Waals surface area contributed by atoms with E-state index in [9.17, 15) is 0 Å². The first kappa shape index (κ1) is 12.7. The van der Waals surface area contributed by atoms with Crippen molar-refractivity contribution in [2.45, 2.75) is 0 Å². The Morgan fingerprint density at radius 1 is 0.842 bits per heavy atom. The molecule has 19 heavy (non-hydrogen) atoms. The van der Waals surface area contributed by atoms with Crippen LogP contribution in [0.1, 0.15) is 0 Å². The van der Waals surface area contributed by atoms with Gasteiger partial charge in [-0.25, -0.2) is 4.98 Å². The van der Waals surface area contributed by atoms with Crippen LogP contribution < -0.4 is 0 Å². The largest absolute Gasteiger partial charge is 0.233 e. The Labute approximate surface area is 125 Å². The number of thiazole rings is 1. The molecule has 3 rings (SSSR count). The summed E-state index contributed by atoms with van der Waals surface area (Å²) in [6.07, 6.45) is 1.81. The number of halogens is 2. The van der Waals surface area contributed by atoms with Crippen molar-refractivity contribution in [3.8, 4) is 21.6 Å². The summed E-state index contributed by atoms with van der Waals surface area (Å²) in [5.74, 6) is 0. The Hall–Kier alpha value is -1.35. The van der Waals surface area contributed by atoms with Crippen LogP contribution in [0.15, 0.2) is 54.7 Å². The van der Waals surface area contributed by atoms with E-state index in [2.05, 4.69) is 17.1 Å². The highest BCUT2D eigenvalue weighted by Gasteiger charge is 2.09. The van der Waals surface area contributed by atoms with E-state index in [1.807, 2.05) is 42.6 Å². The summed E-state index contributed by atoms with van der Waals surface area (Å²) in [6, 6.07) is 16.0. The van der Waals surface area contributed by atoms with Gasteiger partial charge in [-0.05, 0) is 23.3 Å². The van der Waals surface area contributed by atoms with Gasteiger partial charge >= 0.3 is 0 Å². The number of hydrogen-bond donors (Lipinski definition) is 0. The monoisotopic (exact) mass is 305 g/mol. The maximum atomic E-state index is 5.93. The first-order valence-electron chi connectivity index (χ1n) is 5.71. The highest BCUT2D eigenvalue weighted by Crippen LogP contribution is 2.36. The molecule has 94 valence electrons. The van der Waals surface area contributed by atoms with Gasteiger partial charge in [0.15, 0.2) is 4.47 Å². The van der Waals surface area contributed by atoms with Crippen LogP contribution in [0.5, 0.6) is 0 Å². The normalized spacial score (nSPS) is 10.6. The second-order valence-electron chi connectivity index (χ2n) is 4.03. The van der Waals surface area contributed by atoms with Crippen molar-refractivity contribution in [3.05, 3.63) is 64.2 Å². The fourth-order valence-electron chi connectivity index (χ4n) is 1.96. The van der Waals surface area contributed by atoms with Crippen LogP contribution in [0.4, 0.5) is 0 Å². The smallest absolute Gasteiger partial charge is 0.184 e. The first-order valence-corrected chi connectivity index (χ1v) is 7.28. The highest BCUT2D eigenvalue weighted by atomic mass is 35.5. The number of rotatable bonds is 2. The third kappa shape index (κ3) is 2.66.